The summed E-state index contributed by atoms with van der Waals surface area (Å²) >= 11 is 0. The number of Topliss-reactive ketones (excluding diaryl/α,β-unsaturated/α-hetero) is 1. The molecule has 2 N–H and O–H groups in total. The lowest BCUT2D eigenvalue weighted by Crippen LogP contribution is -2.36. The van der Waals surface area contributed by atoms with Gasteiger partial charge < -0.3 is 20.3 Å². The van der Waals surface area contributed by atoms with E-state index in [1.807, 2.05) is 94.7 Å². The van der Waals surface area contributed by atoms with Crippen LogP contribution in [0.1, 0.15) is 96.1 Å². The van der Waals surface area contributed by atoms with Crippen molar-refractivity contribution in [2.75, 3.05) is 23.5 Å². The third-order valence-corrected chi connectivity index (χ3v) is 10.1. The molecular weight excluding hydrogens is 650 g/mol. The van der Waals surface area contributed by atoms with Crippen molar-refractivity contribution in [2.24, 2.45) is 17.6 Å². The molecule has 0 aromatic heterocycles. The lowest BCUT2D eigenvalue weighted by atomic mass is 9.88. The molecule has 2 aliphatic carbocycles. The van der Waals surface area contributed by atoms with Gasteiger partial charge in [0.1, 0.15) is 0 Å². The first-order chi connectivity index (χ1) is 25.4. The van der Waals surface area contributed by atoms with Crippen LogP contribution in [0.4, 0.5) is 11.4 Å². The third-order valence-electron chi connectivity index (χ3n) is 10.1. The molecule has 2 amide bonds. The Morgan fingerprint density at radius 3 is 1.31 bits per heavy atom. The number of anilines is 2. The fourth-order valence-corrected chi connectivity index (χ4v) is 7.09. The predicted molar refractivity (Wildman–Crippen MR) is 206 cm³/mol. The third kappa shape index (κ3) is 10.5. The van der Waals surface area contributed by atoms with E-state index in [-0.39, 0.29) is 41.9 Å². The SMILES string of the molecule is COC(=O)c1ccc(CN(C(=O)C2CCCCC2)c2ccccc2)cc1.NCC(=O)c1ccc(CN(C(=O)C2CCCCC2)c2ccccc2)cc1. The quantitative estimate of drug-likeness (QED) is 0.124. The molecule has 0 spiro atoms. The Balaban J connectivity index is 0.000000201. The van der Waals surface area contributed by atoms with E-state index in [1.165, 1.54) is 20.0 Å². The second-order valence-corrected chi connectivity index (χ2v) is 13.7. The molecule has 0 bridgehead atoms. The number of esters is 1. The molecule has 2 fully saturated rings. The zero-order valence-electron chi connectivity index (χ0n) is 30.3. The Morgan fingerprint density at radius 1 is 0.558 bits per heavy atom. The van der Waals surface area contributed by atoms with Gasteiger partial charge in [-0.05, 0) is 73.2 Å². The van der Waals surface area contributed by atoms with E-state index in [1.54, 1.807) is 24.3 Å². The fourth-order valence-electron chi connectivity index (χ4n) is 7.09. The molecule has 52 heavy (non-hydrogen) atoms. The Labute approximate surface area is 308 Å². The topological polar surface area (TPSA) is 110 Å². The molecule has 272 valence electrons. The van der Waals surface area contributed by atoms with Gasteiger partial charge in [0.05, 0.1) is 32.3 Å². The molecule has 0 radical (unpaired) electrons. The molecule has 8 nitrogen and oxygen atoms in total. The maximum Gasteiger partial charge on any atom is 0.337 e. The molecule has 0 heterocycles. The molecule has 4 aromatic carbocycles. The first kappa shape index (κ1) is 38.2. The number of amides is 2. The van der Waals surface area contributed by atoms with E-state index < -0.39 is 0 Å². The molecule has 0 atom stereocenters. The summed E-state index contributed by atoms with van der Waals surface area (Å²) in [6.07, 6.45) is 10.9. The molecule has 2 saturated carbocycles. The molecule has 8 heteroatoms. The number of carbonyl (C=O) groups is 4. The van der Waals surface area contributed by atoms with Crippen LogP contribution < -0.4 is 15.5 Å². The number of para-hydroxylation sites is 2. The zero-order valence-corrected chi connectivity index (χ0v) is 30.3. The summed E-state index contributed by atoms with van der Waals surface area (Å²) in [6, 6.07) is 34.3. The van der Waals surface area contributed by atoms with Gasteiger partial charge in [-0.15, -0.1) is 0 Å². The van der Waals surface area contributed by atoms with Crippen molar-refractivity contribution in [1.82, 2.24) is 0 Å². The summed E-state index contributed by atoms with van der Waals surface area (Å²) in [5.74, 6) is 0.204. The number of carbonyl (C=O) groups excluding carboxylic acids is 4. The summed E-state index contributed by atoms with van der Waals surface area (Å²) in [6.45, 7) is 1.02. The maximum atomic E-state index is 13.2. The largest absolute Gasteiger partial charge is 0.465 e. The van der Waals surface area contributed by atoms with E-state index in [0.717, 1.165) is 73.9 Å². The zero-order chi connectivity index (χ0) is 36.7. The van der Waals surface area contributed by atoms with Crippen molar-refractivity contribution < 1.29 is 23.9 Å². The van der Waals surface area contributed by atoms with Crippen LogP contribution in [0.2, 0.25) is 0 Å². The lowest BCUT2D eigenvalue weighted by Gasteiger charge is -2.29. The number of ether oxygens (including phenoxy) is 1. The van der Waals surface area contributed by atoms with E-state index in [0.29, 0.717) is 24.2 Å². The summed E-state index contributed by atoms with van der Waals surface area (Å²) in [5.41, 5.74) is 10.4. The normalized spacial score (nSPS) is 14.7. The molecule has 2 aliphatic rings. The smallest absolute Gasteiger partial charge is 0.337 e. The number of hydrogen-bond acceptors (Lipinski definition) is 6. The fraction of sp³-hybridized carbons (Fsp3) is 0.364. The number of benzene rings is 4. The second kappa shape index (κ2) is 19.5. The van der Waals surface area contributed by atoms with Gasteiger partial charge in [0.25, 0.3) is 0 Å². The van der Waals surface area contributed by atoms with Gasteiger partial charge in [-0.2, -0.15) is 0 Å². The number of nitrogens with zero attached hydrogens (tertiary/aromatic N) is 2. The van der Waals surface area contributed by atoms with Crippen LogP contribution in [0.5, 0.6) is 0 Å². The number of rotatable bonds is 11. The minimum absolute atomic E-state index is 0.00958. The van der Waals surface area contributed by atoms with Crippen LogP contribution in [0, 0.1) is 11.8 Å². The van der Waals surface area contributed by atoms with E-state index >= 15 is 0 Å². The number of ketones is 1. The van der Waals surface area contributed by atoms with E-state index in [4.69, 9.17) is 10.5 Å². The van der Waals surface area contributed by atoms with Crippen molar-refractivity contribution in [2.45, 2.75) is 77.3 Å². The van der Waals surface area contributed by atoms with Gasteiger partial charge in [0, 0.05) is 28.8 Å². The van der Waals surface area contributed by atoms with Crippen molar-refractivity contribution in [3.8, 4) is 0 Å². The van der Waals surface area contributed by atoms with Crippen LogP contribution in [-0.2, 0) is 27.4 Å². The van der Waals surface area contributed by atoms with Crippen molar-refractivity contribution in [1.29, 1.82) is 0 Å². The highest BCUT2D eigenvalue weighted by Crippen LogP contribution is 2.30. The molecular formula is C44H51N3O5. The Kier molecular flexibility index (Phi) is 14.3. The van der Waals surface area contributed by atoms with Crippen LogP contribution in [-0.4, -0.2) is 37.2 Å². The van der Waals surface area contributed by atoms with Crippen LogP contribution in [0.15, 0.2) is 109 Å². The number of methoxy groups -OCH3 is 1. The monoisotopic (exact) mass is 701 g/mol. The Morgan fingerprint density at radius 2 is 0.942 bits per heavy atom. The second-order valence-electron chi connectivity index (χ2n) is 13.7. The van der Waals surface area contributed by atoms with Gasteiger partial charge in [0.2, 0.25) is 11.8 Å². The molecule has 0 saturated heterocycles. The van der Waals surface area contributed by atoms with Crippen molar-refractivity contribution in [3.05, 3.63) is 131 Å². The molecule has 4 aromatic rings. The van der Waals surface area contributed by atoms with Gasteiger partial charge in [-0.1, -0.05) is 111 Å². The van der Waals surface area contributed by atoms with Gasteiger partial charge in [-0.3, -0.25) is 14.4 Å². The summed E-state index contributed by atoms with van der Waals surface area (Å²) in [5, 5.41) is 0. The maximum absolute atomic E-state index is 13.2. The highest BCUT2D eigenvalue weighted by Gasteiger charge is 2.28. The molecule has 0 unspecified atom stereocenters. The Bertz CT molecular complexity index is 1600. The summed E-state index contributed by atoms with van der Waals surface area (Å²) < 4.78 is 4.74. The van der Waals surface area contributed by atoms with Crippen molar-refractivity contribution >= 4 is 34.9 Å². The predicted octanol–water partition coefficient (Wildman–Crippen LogP) is 8.53. The average molecular weight is 702 g/mol. The molecule has 6 rings (SSSR count). The number of nitrogens with two attached hydrogens (primary N) is 1. The van der Waals surface area contributed by atoms with Crippen LogP contribution in [0.3, 0.4) is 0 Å². The van der Waals surface area contributed by atoms with Crippen molar-refractivity contribution in [3.63, 3.8) is 0 Å². The summed E-state index contributed by atoms with van der Waals surface area (Å²) in [4.78, 5) is 53.4. The number of hydrogen-bond donors (Lipinski definition) is 1. The highest BCUT2D eigenvalue weighted by molar-refractivity contribution is 5.98. The minimum Gasteiger partial charge on any atom is -0.465 e. The minimum atomic E-state index is -0.352. The summed E-state index contributed by atoms with van der Waals surface area (Å²) in [7, 11) is 1.37. The first-order valence-corrected chi connectivity index (χ1v) is 18.6. The van der Waals surface area contributed by atoms with Gasteiger partial charge >= 0.3 is 5.97 Å². The van der Waals surface area contributed by atoms with Crippen LogP contribution in [0.25, 0.3) is 0 Å². The van der Waals surface area contributed by atoms with Gasteiger partial charge in [0.15, 0.2) is 5.78 Å². The van der Waals surface area contributed by atoms with Crippen LogP contribution >= 0.6 is 0 Å². The molecule has 0 aliphatic heterocycles. The van der Waals surface area contributed by atoms with E-state index in [9.17, 15) is 19.2 Å². The van der Waals surface area contributed by atoms with E-state index in [2.05, 4.69) is 0 Å². The Hall–Kier alpha value is -5.08. The average Bonchev–Trinajstić information content (AvgIpc) is 3.22. The highest BCUT2D eigenvalue weighted by atomic mass is 16.5. The lowest BCUT2D eigenvalue weighted by molar-refractivity contribution is -0.124. The first-order valence-electron chi connectivity index (χ1n) is 18.6. The van der Waals surface area contributed by atoms with Gasteiger partial charge in [-0.25, -0.2) is 4.79 Å². The standard InChI is InChI=1S/C22H26N2O2.C22H25NO3/c23-15-21(25)18-13-11-17(12-14-18)16-24(20-9-5-2-6-10-20)22(26)19-7-3-1-4-8-19;1-26-22(25)19-14-12-17(13-15-19)16-23(20-10-6-3-7-11-20)21(24)18-8-4-2-5-9-18/h2,5-6,9-14,19H,1,3-4,7-8,15-16,23H2;3,6-7,10-15,18H,2,4-5,8-9,16H2,1H3.